The van der Waals surface area contributed by atoms with Crippen LogP contribution in [0.2, 0.25) is 0 Å². The second-order valence-corrected chi connectivity index (χ2v) is 5.08. The van der Waals surface area contributed by atoms with Crippen LogP contribution in [0.3, 0.4) is 0 Å². The maximum atomic E-state index is 10.8. The molecule has 1 N–H and O–H groups in total. The number of hydrogen-bond acceptors (Lipinski definition) is 4. The minimum absolute atomic E-state index is 0.687. The fourth-order valence-electron chi connectivity index (χ4n) is 1.21. The van der Waals surface area contributed by atoms with Gasteiger partial charge in [0.2, 0.25) is 0 Å². The zero-order valence-corrected chi connectivity index (χ0v) is 10.3. The highest BCUT2D eigenvalue weighted by molar-refractivity contribution is 7.84. The summed E-state index contributed by atoms with van der Waals surface area (Å²) in [4.78, 5) is 0. The van der Waals surface area contributed by atoms with Crippen LogP contribution < -0.4 is 5.32 Å². The fourth-order valence-corrected chi connectivity index (χ4v) is 1.76. The number of aryl methyl sites for hydroxylation is 1. The average Bonchev–Trinajstić information content (AvgIpc) is 2.48. The predicted molar refractivity (Wildman–Crippen MR) is 61.0 cm³/mol. The molecule has 0 aliphatic heterocycles. The van der Waals surface area contributed by atoms with E-state index in [9.17, 15) is 4.21 Å². The number of aromatic nitrogens is 3. The largest absolute Gasteiger partial charge is 0.317 e. The summed E-state index contributed by atoms with van der Waals surface area (Å²) in [5.41, 5.74) is 0. The molecule has 0 aliphatic rings. The van der Waals surface area contributed by atoms with E-state index in [2.05, 4.69) is 15.5 Å². The van der Waals surface area contributed by atoms with E-state index in [4.69, 9.17) is 0 Å². The summed E-state index contributed by atoms with van der Waals surface area (Å²) in [6.07, 6.45) is 2.66. The van der Waals surface area contributed by atoms with Crippen LogP contribution in [0.25, 0.3) is 0 Å². The third kappa shape index (κ3) is 4.09. The Balaban J connectivity index is 2.20. The molecule has 86 valence electrons. The number of rotatable bonds is 6. The zero-order chi connectivity index (χ0) is 11.3. The van der Waals surface area contributed by atoms with E-state index >= 15 is 0 Å². The highest BCUT2D eigenvalue weighted by atomic mass is 32.2. The molecule has 0 amide bonds. The smallest absolute Gasteiger partial charge is 0.146 e. The van der Waals surface area contributed by atoms with E-state index in [-0.39, 0.29) is 0 Å². The molecule has 1 atom stereocenters. The predicted octanol–water partition coefficient (Wildman–Crippen LogP) is -0.0183. The summed E-state index contributed by atoms with van der Waals surface area (Å²) in [6.45, 7) is 3.51. The second-order valence-electron chi connectivity index (χ2n) is 3.53. The van der Waals surface area contributed by atoms with Gasteiger partial charge in [-0.15, -0.1) is 10.2 Å². The lowest BCUT2D eigenvalue weighted by molar-refractivity contribution is 0.624. The Morgan fingerprint density at radius 2 is 2.20 bits per heavy atom. The fraction of sp³-hybridized carbons (Fsp3) is 0.778. The maximum Gasteiger partial charge on any atom is 0.146 e. The van der Waals surface area contributed by atoms with Crippen molar-refractivity contribution in [1.82, 2.24) is 20.1 Å². The van der Waals surface area contributed by atoms with Crippen LogP contribution in [0.15, 0.2) is 0 Å². The summed E-state index contributed by atoms with van der Waals surface area (Å²) >= 11 is 0. The molecule has 0 aliphatic carbocycles. The number of nitrogens with one attached hydrogen (secondary N) is 1. The van der Waals surface area contributed by atoms with Crippen molar-refractivity contribution in [2.45, 2.75) is 19.9 Å². The SMILES string of the molecule is Cc1nnc(CNCCCS(C)=O)n1C. The summed E-state index contributed by atoms with van der Waals surface area (Å²) < 4.78 is 12.8. The Bertz CT molecular complexity index is 337. The van der Waals surface area contributed by atoms with Gasteiger partial charge in [0.15, 0.2) is 0 Å². The molecule has 1 aromatic rings. The van der Waals surface area contributed by atoms with Gasteiger partial charge in [0.25, 0.3) is 0 Å². The van der Waals surface area contributed by atoms with Gasteiger partial charge in [0, 0.05) is 29.9 Å². The molecular formula is C9H18N4OS. The first-order chi connectivity index (χ1) is 7.11. The summed E-state index contributed by atoms with van der Waals surface area (Å²) in [5.74, 6) is 2.61. The summed E-state index contributed by atoms with van der Waals surface area (Å²) in [7, 11) is 1.26. The summed E-state index contributed by atoms with van der Waals surface area (Å²) in [5, 5.41) is 11.3. The topological polar surface area (TPSA) is 59.8 Å². The molecule has 1 rings (SSSR count). The lowest BCUT2D eigenvalue weighted by Gasteiger charge is -2.03. The van der Waals surface area contributed by atoms with Crippen LogP contribution >= 0.6 is 0 Å². The van der Waals surface area contributed by atoms with Crippen molar-refractivity contribution in [1.29, 1.82) is 0 Å². The summed E-state index contributed by atoms with van der Waals surface area (Å²) in [6, 6.07) is 0. The van der Waals surface area contributed by atoms with Crippen molar-refractivity contribution in [3.63, 3.8) is 0 Å². The molecular weight excluding hydrogens is 212 g/mol. The minimum atomic E-state index is -0.687. The standard InChI is InChI=1S/C9H18N4OS/c1-8-11-12-9(13(8)2)7-10-5-4-6-15(3)14/h10H,4-7H2,1-3H3. The third-order valence-corrected chi connectivity index (χ3v) is 3.11. The van der Waals surface area contributed by atoms with Crippen molar-refractivity contribution >= 4 is 10.8 Å². The van der Waals surface area contributed by atoms with Gasteiger partial charge < -0.3 is 9.88 Å². The lowest BCUT2D eigenvalue weighted by Crippen LogP contribution is -2.19. The molecule has 1 heterocycles. The van der Waals surface area contributed by atoms with Crippen LogP contribution in [0.1, 0.15) is 18.1 Å². The van der Waals surface area contributed by atoms with Crippen molar-refractivity contribution in [3.05, 3.63) is 11.6 Å². The molecule has 1 unspecified atom stereocenters. The van der Waals surface area contributed by atoms with Gasteiger partial charge in [0.05, 0.1) is 6.54 Å². The quantitative estimate of drug-likeness (QED) is 0.698. The number of hydrogen-bond donors (Lipinski definition) is 1. The van der Waals surface area contributed by atoms with Gasteiger partial charge in [-0.2, -0.15) is 0 Å². The lowest BCUT2D eigenvalue weighted by atomic mass is 10.4. The first-order valence-electron chi connectivity index (χ1n) is 4.97. The van der Waals surface area contributed by atoms with Crippen molar-refractivity contribution in [3.8, 4) is 0 Å². The highest BCUT2D eigenvalue weighted by Crippen LogP contribution is 1.96. The van der Waals surface area contributed by atoms with Gasteiger partial charge in [-0.3, -0.25) is 4.21 Å². The Morgan fingerprint density at radius 1 is 1.47 bits per heavy atom. The Kier molecular flexibility index (Phi) is 4.90. The molecule has 0 radical (unpaired) electrons. The van der Waals surface area contributed by atoms with Gasteiger partial charge in [-0.1, -0.05) is 0 Å². The van der Waals surface area contributed by atoms with E-state index in [1.165, 1.54) is 0 Å². The molecule has 0 aromatic carbocycles. The average molecular weight is 230 g/mol. The van der Waals surface area contributed by atoms with E-state index in [0.717, 1.165) is 30.4 Å². The van der Waals surface area contributed by atoms with Crippen LogP contribution in [0, 0.1) is 6.92 Å². The highest BCUT2D eigenvalue weighted by Gasteiger charge is 2.03. The van der Waals surface area contributed by atoms with Crippen LogP contribution in [-0.2, 0) is 24.4 Å². The van der Waals surface area contributed by atoms with Crippen molar-refractivity contribution < 1.29 is 4.21 Å². The van der Waals surface area contributed by atoms with Crippen LogP contribution in [0.4, 0.5) is 0 Å². The van der Waals surface area contributed by atoms with Crippen molar-refractivity contribution in [2.75, 3.05) is 18.6 Å². The second kappa shape index (κ2) is 5.97. The van der Waals surface area contributed by atoms with E-state index in [1.807, 2.05) is 18.5 Å². The molecule has 0 bridgehead atoms. The number of nitrogens with zero attached hydrogens (tertiary/aromatic N) is 3. The molecule has 5 nitrogen and oxygen atoms in total. The molecule has 1 aromatic heterocycles. The molecule has 0 fully saturated rings. The molecule has 6 heteroatoms. The molecule has 0 saturated carbocycles. The van der Waals surface area contributed by atoms with Gasteiger partial charge >= 0.3 is 0 Å². The van der Waals surface area contributed by atoms with Crippen LogP contribution in [0.5, 0.6) is 0 Å². The zero-order valence-electron chi connectivity index (χ0n) is 9.49. The first-order valence-corrected chi connectivity index (χ1v) is 6.69. The molecule has 0 spiro atoms. The van der Waals surface area contributed by atoms with Crippen LogP contribution in [-0.4, -0.2) is 37.5 Å². The van der Waals surface area contributed by atoms with E-state index in [1.54, 1.807) is 6.26 Å². The Labute approximate surface area is 92.7 Å². The van der Waals surface area contributed by atoms with Crippen molar-refractivity contribution in [2.24, 2.45) is 7.05 Å². The Hall–Kier alpha value is -0.750. The normalized spacial score (nSPS) is 13.0. The minimum Gasteiger partial charge on any atom is -0.317 e. The molecule has 15 heavy (non-hydrogen) atoms. The monoisotopic (exact) mass is 230 g/mol. The van der Waals surface area contributed by atoms with E-state index < -0.39 is 10.8 Å². The molecule has 0 saturated heterocycles. The third-order valence-electron chi connectivity index (χ3n) is 2.25. The Morgan fingerprint density at radius 3 is 2.73 bits per heavy atom. The first kappa shape index (κ1) is 12.3. The maximum absolute atomic E-state index is 10.8. The van der Waals surface area contributed by atoms with Gasteiger partial charge in [-0.25, -0.2) is 0 Å². The van der Waals surface area contributed by atoms with Gasteiger partial charge in [0.1, 0.15) is 11.6 Å². The van der Waals surface area contributed by atoms with E-state index in [0.29, 0.717) is 6.54 Å². The van der Waals surface area contributed by atoms with Gasteiger partial charge in [-0.05, 0) is 19.9 Å².